The van der Waals surface area contributed by atoms with Crippen LogP contribution in [0.25, 0.3) is 0 Å². The minimum absolute atomic E-state index is 0.180. The topological polar surface area (TPSA) is 66.8 Å². The van der Waals surface area contributed by atoms with E-state index in [-0.39, 0.29) is 5.91 Å². The van der Waals surface area contributed by atoms with E-state index in [4.69, 9.17) is 0 Å². The Kier molecular flexibility index (Phi) is 4.03. The Morgan fingerprint density at radius 1 is 1.52 bits per heavy atom. The molecule has 0 unspecified atom stereocenters. The van der Waals surface area contributed by atoms with Gasteiger partial charge in [-0.2, -0.15) is 5.10 Å². The number of nitrogens with one attached hydrogen (secondary N) is 1. The van der Waals surface area contributed by atoms with Crippen molar-refractivity contribution in [1.82, 2.24) is 24.6 Å². The maximum atomic E-state index is 12.3. The number of hydrogen-bond acceptors (Lipinski definition) is 3. The summed E-state index contributed by atoms with van der Waals surface area (Å²) in [7, 11) is 0. The van der Waals surface area contributed by atoms with Gasteiger partial charge in [0.15, 0.2) is 0 Å². The van der Waals surface area contributed by atoms with E-state index in [1.54, 1.807) is 12.5 Å². The molecule has 112 valence electrons. The quantitative estimate of drug-likeness (QED) is 0.924. The van der Waals surface area contributed by atoms with Crippen LogP contribution in [0.2, 0.25) is 0 Å². The van der Waals surface area contributed by atoms with E-state index in [0.29, 0.717) is 12.5 Å². The highest BCUT2D eigenvalue weighted by Gasteiger charge is 2.24. The van der Waals surface area contributed by atoms with E-state index in [1.807, 2.05) is 21.9 Å². The van der Waals surface area contributed by atoms with Crippen LogP contribution in [0.1, 0.15) is 24.1 Å². The van der Waals surface area contributed by atoms with Gasteiger partial charge in [0.25, 0.3) is 0 Å². The Bertz CT molecular complexity index is 589. The first-order valence-corrected chi connectivity index (χ1v) is 7.44. The third-order valence-corrected chi connectivity index (χ3v) is 4.18. The number of rotatable bonds is 4. The Morgan fingerprint density at radius 2 is 2.43 bits per heavy atom. The number of carbonyl (C=O) groups is 1. The lowest BCUT2D eigenvalue weighted by Gasteiger charge is -2.32. The molecule has 1 aliphatic rings. The van der Waals surface area contributed by atoms with Crippen molar-refractivity contribution in [2.45, 2.75) is 32.7 Å². The molecule has 3 heterocycles. The number of aromatic nitrogens is 4. The van der Waals surface area contributed by atoms with Crippen LogP contribution in [0.15, 0.2) is 24.9 Å². The van der Waals surface area contributed by atoms with Gasteiger partial charge in [-0.15, -0.1) is 0 Å². The largest absolute Gasteiger partial charge is 0.341 e. The third-order valence-electron chi connectivity index (χ3n) is 4.18. The second kappa shape index (κ2) is 6.11. The minimum atomic E-state index is 0.180. The maximum Gasteiger partial charge on any atom is 0.242 e. The van der Waals surface area contributed by atoms with Crippen LogP contribution in [0.5, 0.6) is 0 Å². The van der Waals surface area contributed by atoms with Crippen LogP contribution < -0.4 is 0 Å². The zero-order chi connectivity index (χ0) is 14.7. The highest BCUT2D eigenvalue weighted by molar-refractivity contribution is 5.76. The van der Waals surface area contributed by atoms with Crippen molar-refractivity contribution in [3.8, 4) is 0 Å². The second-order valence-corrected chi connectivity index (χ2v) is 5.82. The molecule has 1 fully saturated rings. The van der Waals surface area contributed by atoms with E-state index in [1.165, 1.54) is 17.7 Å². The fraction of sp³-hybridized carbons (Fsp3) is 0.533. The predicted molar refractivity (Wildman–Crippen MR) is 78.6 cm³/mol. The molecular formula is C15H21N5O. The van der Waals surface area contributed by atoms with E-state index in [2.05, 4.69) is 22.1 Å². The Morgan fingerprint density at radius 3 is 3.14 bits per heavy atom. The highest BCUT2D eigenvalue weighted by atomic mass is 16.2. The van der Waals surface area contributed by atoms with Crippen LogP contribution in [0.4, 0.5) is 0 Å². The summed E-state index contributed by atoms with van der Waals surface area (Å²) in [6, 6.07) is 0. The molecule has 0 spiro atoms. The van der Waals surface area contributed by atoms with E-state index < -0.39 is 0 Å². The average molecular weight is 287 g/mol. The normalized spacial score (nSPS) is 18.9. The van der Waals surface area contributed by atoms with E-state index in [0.717, 1.165) is 25.9 Å². The first kappa shape index (κ1) is 13.9. The zero-order valence-electron chi connectivity index (χ0n) is 12.3. The number of carbonyl (C=O) groups excluding carboxylic acids is 1. The van der Waals surface area contributed by atoms with Crippen molar-refractivity contribution in [3.05, 3.63) is 36.2 Å². The van der Waals surface area contributed by atoms with Gasteiger partial charge in [0.2, 0.25) is 5.91 Å². The lowest BCUT2D eigenvalue weighted by molar-refractivity contribution is -0.133. The molecule has 21 heavy (non-hydrogen) atoms. The molecule has 3 rings (SSSR count). The summed E-state index contributed by atoms with van der Waals surface area (Å²) in [4.78, 5) is 18.3. The number of hydrogen-bond donors (Lipinski definition) is 1. The number of aromatic amines is 1. The summed E-state index contributed by atoms with van der Waals surface area (Å²) in [5, 5.41) is 7.14. The molecule has 1 amide bonds. The van der Waals surface area contributed by atoms with Crippen LogP contribution >= 0.6 is 0 Å². The molecule has 2 aromatic heterocycles. The van der Waals surface area contributed by atoms with E-state index in [9.17, 15) is 4.79 Å². The van der Waals surface area contributed by atoms with Gasteiger partial charge in [-0.05, 0) is 37.7 Å². The molecule has 6 nitrogen and oxygen atoms in total. The number of likely N-dealkylation sites (tertiary alicyclic amines) is 1. The third kappa shape index (κ3) is 3.32. The number of aryl methyl sites for hydroxylation is 1. The van der Waals surface area contributed by atoms with Crippen LogP contribution in [0, 0.1) is 12.8 Å². The van der Waals surface area contributed by atoms with Crippen molar-refractivity contribution < 1.29 is 4.79 Å². The zero-order valence-corrected chi connectivity index (χ0v) is 12.3. The number of amides is 1. The van der Waals surface area contributed by atoms with Crippen molar-refractivity contribution in [3.63, 3.8) is 0 Å². The minimum Gasteiger partial charge on any atom is -0.341 e. The standard InChI is InChI=1S/C15H21N5O/c1-12-8-17-18-14(12)7-13-3-2-5-20(9-13)15(21)10-19-6-4-16-11-19/h4,6,8,11,13H,2-3,5,7,9-10H2,1H3,(H,17,18)/t13-/m1/s1. The summed E-state index contributed by atoms with van der Waals surface area (Å²) in [6.07, 6.45) is 10.3. The fourth-order valence-corrected chi connectivity index (χ4v) is 2.96. The van der Waals surface area contributed by atoms with Gasteiger partial charge in [-0.3, -0.25) is 9.89 Å². The summed E-state index contributed by atoms with van der Waals surface area (Å²) in [6.45, 7) is 4.16. The molecule has 1 N–H and O–H groups in total. The van der Waals surface area contributed by atoms with Crippen LogP contribution in [0.3, 0.4) is 0 Å². The van der Waals surface area contributed by atoms with Crippen molar-refractivity contribution in [1.29, 1.82) is 0 Å². The molecule has 0 aliphatic carbocycles. The molecule has 0 bridgehead atoms. The Balaban J connectivity index is 1.57. The summed E-state index contributed by atoms with van der Waals surface area (Å²) >= 11 is 0. The van der Waals surface area contributed by atoms with Gasteiger partial charge < -0.3 is 9.47 Å². The summed E-state index contributed by atoms with van der Waals surface area (Å²) in [5.41, 5.74) is 2.40. The lowest BCUT2D eigenvalue weighted by Crippen LogP contribution is -2.42. The van der Waals surface area contributed by atoms with Crippen LogP contribution in [-0.2, 0) is 17.8 Å². The fourth-order valence-electron chi connectivity index (χ4n) is 2.96. The van der Waals surface area contributed by atoms with Crippen LogP contribution in [-0.4, -0.2) is 43.6 Å². The smallest absolute Gasteiger partial charge is 0.242 e. The molecule has 2 aromatic rings. The maximum absolute atomic E-state index is 12.3. The second-order valence-electron chi connectivity index (χ2n) is 5.82. The average Bonchev–Trinajstić information content (AvgIpc) is 3.12. The summed E-state index contributed by atoms with van der Waals surface area (Å²) < 4.78 is 1.82. The molecular weight excluding hydrogens is 266 g/mol. The van der Waals surface area contributed by atoms with Crippen molar-refractivity contribution in [2.24, 2.45) is 5.92 Å². The van der Waals surface area contributed by atoms with Crippen molar-refractivity contribution >= 4 is 5.91 Å². The number of nitrogens with zero attached hydrogens (tertiary/aromatic N) is 4. The highest BCUT2D eigenvalue weighted by Crippen LogP contribution is 2.21. The molecule has 1 saturated heterocycles. The van der Waals surface area contributed by atoms with Crippen molar-refractivity contribution in [2.75, 3.05) is 13.1 Å². The first-order valence-electron chi connectivity index (χ1n) is 7.44. The lowest BCUT2D eigenvalue weighted by atomic mass is 9.92. The molecule has 0 saturated carbocycles. The molecule has 1 atom stereocenters. The summed E-state index contributed by atoms with van der Waals surface area (Å²) in [5.74, 6) is 0.698. The number of piperidine rings is 1. The Labute approximate surface area is 124 Å². The first-order chi connectivity index (χ1) is 10.2. The van der Waals surface area contributed by atoms with Gasteiger partial charge in [0.1, 0.15) is 6.54 Å². The predicted octanol–water partition coefficient (Wildman–Crippen LogP) is 1.40. The van der Waals surface area contributed by atoms with Gasteiger partial charge >= 0.3 is 0 Å². The number of imidazole rings is 1. The Hall–Kier alpha value is -2.11. The van der Waals surface area contributed by atoms with Gasteiger partial charge in [-0.1, -0.05) is 0 Å². The van der Waals surface area contributed by atoms with E-state index >= 15 is 0 Å². The number of H-pyrrole nitrogens is 1. The van der Waals surface area contributed by atoms with Gasteiger partial charge in [-0.25, -0.2) is 4.98 Å². The molecule has 0 radical (unpaired) electrons. The molecule has 0 aromatic carbocycles. The molecule has 6 heteroatoms. The molecule has 1 aliphatic heterocycles. The van der Waals surface area contributed by atoms with Gasteiger partial charge in [0, 0.05) is 31.2 Å². The SMILES string of the molecule is Cc1cn[nH]c1C[C@H]1CCCN(C(=O)Cn2ccnc2)C1. The monoisotopic (exact) mass is 287 g/mol. The van der Waals surface area contributed by atoms with Gasteiger partial charge in [0.05, 0.1) is 12.5 Å².